The van der Waals surface area contributed by atoms with E-state index < -0.39 is 0 Å². The molecule has 3 nitrogen and oxygen atoms in total. The smallest absolute Gasteiger partial charge is 0.146 e. The van der Waals surface area contributed by atoms with Crippen LogP contribution < -0.4 is 5.32 Å². The van der Waals surface area contributed by atoms with E-state index in [9.17, 15) is 4.39 Å². The number of rotatable bonds is 4. The third kappa shape index (κ3) is 2.83. The number of halogens is 2. The lowest BCUT2D eigenvalue weighted by molar-refractivity contribution is 0.530. The third-order valence-electron chi connectivity index (χ3n) is 2.81. The Morgan fingerprint density at radius 1 is 1.28 bits per heavy atom. The van der Waals surface area contributed by atoms with Crippen LogP contribution in [-0.2, 0) is 6.42 Å². The monoisotopic (exact) mass is 265 g/mol. The minimum Gasteiger partial charge on any atom is -0.313 e. The Bertz CT molecular complexity index is 533. The van der Waals surface area contributed by atoms with E-state index in [-0.39, 0.29) is 11.9 Å². The largest absolute Gasteiger partial charge is 0.313 e. The summed E-state index contributed by atoms with van der Waals surface area (Å²) in [5.74, 6) is -0.318. The standard InChI is InChI=1S/C13H13ClFN3/c1-16-13(10-3-5-18-8-12(10)15)6-9-2-4-17-7-11(9)14/h2-5,7-8,13,16H,6H2,1H3. The van der Waals surface area contributed by atoms with E-state index in [2.05, 4.69) is 15.3 Å². The maximum Gasteiger partial charge on any atom is 0.146 e. The molecule has 0 fully saturated rings. The summed E-state index contributed by atoms with van der Waals surface area (Å²) in [5, 5.41) is 3.68. The SMILES string of the molecule is CNC(Cc1ccncc1Cl)c1ccncc1F. The summed E-state index contributed by atoms with van der Waals surface area (Å²) in [5.41, 5.74) is 1.52. The van der Waals surface area contributed by atoms with E-state index in [1.807, 2.05) is 6.07 Å². The molecule has 0 amide bonds. The lowest BCUT2D eigenvalue weighted by atomic mass is 10.0. The van der Waals surface area contributed by atoms with Gasteiger partial charge < -0.3 is 5.32 Å². The Labute approximate surface area is 110 Å². The molecule has 2 heterocycles. The third-order valence-corrected chi connectivity index (χ3v) is 3.15. The van der Waals surface area contributed by atoms with Gasteiger partial charge in [0, 0.05) is 30.2 Å². The van der Waals surface area contributed by atoms with Crippen molar-refractivity contribution in [2.75, 3.05) is 7.05 Å². The van der Waals surface area contributed by atoms with E-state index in [0.717, 1.165) is 5.56 Å². The number of hydrogen-bond donors (Lipinski definition) is 1. The molecule has 2 aromatic heterocycles. The molecule has 0 spiro atoms. The summed E-state index contributed by atoms with van der Waals surface area (Å²) >= 11 is 6.06. The first kappa shape index (κ1) is 12.9. The van der Waals surface area contributed by atoms with Crippen molar-refractivity contribution >= 4 is 11.6 Å². The number of pyridine rings is 2. The summed E-state index contributed by atoms with van der Waals surface area (Å²) in [6, 6.07) is 3.37. The normalized spacial score (nSPS) is 12.4. The molecule has 2 aromatic rings. The molecule has 94 valence electrons. The topological polar surface area (TPSA) is 37.8 Å². The average Bonchev–Trinajstić information content (AvgIpc) is 2.39. The van der Waals surface area contributed by atoms with Gasteiger partial charge in [-0.15, -0.1) is 0 Å². The lowest BCUT2D eigenvalue weighted by Crippen LogP contribution is -2.20. The van der Waals surface area contributed by atoms with Crippen LogP contribution >= 0.6 is 11.6 Å². The predicted molar refractivity (Wildman–Crippen MR) is 68.9 cm³/mol. The van der Waals surface area contributed by atoms with Gasteiger partial charge in [0.05, 0.1) is 11.2 Å². The van der Waals surface area contributed by atoms with Crippen LogP contribution in [0.25, 0.3) is 0 Å². The van der Waals surface area contributed by atoms with E-state index in [0.29, 0.717) is 17.0 Å². The molecule has 1 unspecified atom stereocenters. The summed E-state index contributed by atoms with van der Waals surface area (Å²) in [6.45, 7) is 0. The number of likely N-dealkylation sites (N-methyl/N-ethyl adjacent to an activating group) is 1. The van der Waals surface area contributed by atoms with Crippen LogP contribution in [0.5, 0.6) is 0 Å². The Morgan fingerprint density at radius 3 is 2.67 bits per heavy atom. The van der Waals surface area contributed by atoms with Crippen LogP contribution in [0.1, 0.15) is 17.2 Å². The predicted octanol–water partition coefficient (Wildman–Crippen LogP) is 2.77. The number of aromatic nitrogens is 2. The van der Waals surface area contributed by atoms with Gasteiger partial charge in [-0.2, -0.15) is 0 Å². The van der Waals surface area contributed by atoms with Crippen molar-refractivity contribution in [2.24, 2.45) is 0 Å². The zero-order valence-corrected chi connectivity index (χ0v) is 10.7. The second kappa shape index (κ2) is 5.89. The van der Waals surface area contributed by atoms with E-state index >= 15 is 0 Å². The summed E-state index contributed by atoms with van der Waals surface area (Å²) in [6.07, 6.45) is 6.66. The second-order valence-corrected chi connectivity index (χ2v) is 4.32. The Hall–Kier alpha value is -1.52. The minimum atomic E-state index is -0.318. The second-order valence-electron chi connectivity index (χ2n) is 3.91. The molecule has 0 aromatic carbocycles. The van der Waals surface area contributed by atoms with Crippen LogP contribution in [0, 0.1) is 5.82 Å². The van der Waals surface area contributed by atoms with Gasteiger partial charge in [0.15, 0.2) is 0 Å². The van der Waals surface area contributed by atoms with Crippen molar-refractivity contribution in [2.45, 2.75) is 12.5 Å². The zero-order valence-electron chi connectivity index (χ0n) is 9.90. The summed E-state index contributed by atoms with van der Waals surface area (Å²) in [7, 11) is 1.79. The van der Waals surface area contributed by atoms with Crippen LogP contribution in [0.3, 0.4) is 0 Å². The molecule has 0 saturated carbocycles. The molecular weight excluding hydrogens is 253 g/mol. The van der Waals surface area contributed by atoms with Gasteiger partial charge in [0.25, 0.3) is 0 Å². The lowest BCUT2D eigenvalue weighted by Gasteiger charge is -2.17. The van der Waals surface area contributed by atoms with Crippen molar-refractivity contribution in [1.29, 1.82) is 0 Å². The first-order valence-corrected chi connectivity index (χ1v) is 5.95. The average molecular weight is 266 g/mol. The van der Waals surface area contributed by atoms with Crippen molar-refractivity contribution in [3.8, 4) is 0 Å². The molecule has 0 bridgehead atoms. The van der Waals surface area contributed by atoms with Crippen molar-refractivity contribution < 1.29 is 4.39 Å². The molecule has 1 atom stereocenters. The van der Waals surface area contributed by atoms with Gasteiger partial charge in [0.2, 0.25) is 0 Å². The first-order chi connectivity index (χ1) is 8.72. The van der Waals surface area contributed by atoms with Crippen LogP contribution in [0.2, 0.25) is 5.02 Å². The van der Waals surface area contributed by atoms with Crippen molar-refractivity contribution in [3.63, 3.8) is 0 Å². The summed E-state index contributed by atoms with van der Waals surface area (Å²) in [4.78, 5) is 7.68. The highest BCUT2D eigenvalue weighted by molar-refractivity contribution is 6.31. The maximum atomic E-state index is 13.7. The molecule has 0 radical (unpaired) electrons. The number of hydrogen-bond acceptors (Lipinski definition) is 3. The van der Waals surface area contributed by atoms with E-state index in [1.165, 1.54) is 6.20 Å². The highest BCUT2D eigenvalue weighted by Crippen LogP contribution is 2.23. The van der Waals surface area contributed by atoms with Gasteiger partial charge in [-0.3, -0.25) is 9.97 Å². The molecule has 1 N–H and O–H groups in total. The molecule has 18 heavy (non-hydrogen) atoms. The summed E-state index contributed by atoms with van der Waals surface area (Å²) < 4.78 is 13.7. The van der Waals surface area contributed by atoms with Gasteiger partial charge >= 0.3 is 0 Å². The highest BCUT2D eigenvalue weighted by atomic mass is 35.5. The number of nitrogens with one attached hydrogen (secondary N) is 1. The van der Waals surface area contributed by atoms with E-state index in [1.54, 1.807) is 31.7 Å². The van der Waals surface area contributed by atoms with Crippen molar-refractivity contribution in [3.05, 3.63) is 58.9 Å². The van der Waals surface area contributed by atoms with Crippen LogP contribution in [0.4, 0.5) is 4.39 Å². The van der Waals surface area contributed by atoms with Gasteiger partial charge in [-0.05, 0) is 31.2 Å². The molecule has 2 rings (SSSR count). The van der Waals surface area contributed by atoms with Gasteiger partial charge in [0.1, 0.15) is 5.82 Å². The Morgan fingerprint density at radius 2 is 2.00 bits per heavy atom. The number of nitrogens with zero attached hydrogens (tertiary/aromatic N) is 2. The molecule has 0 aliphatic rings. The van der Waals surface area contributed by atoms with Crippen LogP contribution in [-0.4, -0.2) is 17.0 Å². The molecule has 0 saturated heterocycles. The first-order valence-electron chi connectivity index (χ1n) is 5.57. The molecule has 5 heteroatoms. The van der Waals surface area contributed by atoms with Gasteiger partial charge in [-0.25, -0.2) is 4.39 Å². The molecule has 0 aliphatic heterocycles. The van der Waals surface area contributed by atoms with E-state index in [4.69, 9.17) is 11.6 Å². The fraction of sp³-hybridized carbons (Fsp3) is 0.231. The molecule has 0 aliphatic carbocycles. The molecular formula is C13H13ClFN3. The Kier molecular flexibility index (Phi) is 4.23. The highest BCUT2D eigenvalue weighted by Gasteiger charge is 2.15. The fourth-order valence-corrected chi connectivity index (χ4v) is 2.02. The Balaban J connectivity index is 2.26. The zero-order chi connectivity index (χ0) is 13.0. The minimum absolute atomic E-state index is 0.145. The maximum absolute atomic E-state index is 13.7. The quantitative estimate of drug-likeness (QED) is 0.924. The van der Waals surface area contributed by atoms with Crippen molar-refractivity contribution in [1.82, 2.24) is 15.3 Å². The van der Waals surface area contributed by atoms with Crippen LogP contribution in [0.15, 0.2) is 36.9 Å². The van der Waals surface area contributed by atoms with Gasteiger partial charge in [-0.1, -0.05) is 11.6 Å². The fourth-order valence-electron chi connectivity index (χ4n) is 1.83.